The van der Waals surface area contributed by atoms with Gasteiger partial charge < -0.3 is 27.4 Å². The molecule has 13 aromatic carbocycles. The molecule has 0 bridgehead atoms. The molecule has 0 aliphatic heterocycles. The van der Waals surface area contributed by atoms with Gasteiger partial charge in [0.15, 0.2) is 11.2 Å². The topological polar surface area (TPSA) is 41.6 Å². The fourth-order valence-corrected chi connectivity index (χ4v) is 15.0. The van der Waals surface area contributed by atoms with Gasteiger partial charge in [-0.05, 0) is 96.8 Å². The number of hydrogen-bond acceptors (Lipinski definition) is 4. The molecule has 0 aliphatic rings. The highest BCUT2D eigenvalue weighted by molar-refractivity contribution is 6.32. The van der Waals surface area contributed by atoms with Crippen LogP contribution in [0.25, 0.3) is 142 Å². The first-order chi connectivity index (χ1) is 42.6. The number of nitrogens with zero attached hydrogens (tertiary/aromatic N) is 4. The Morgan fingerprint density at radius 2 is 0.651 bits per heavy atom. The number of para-hydroxylation sites is 6. The van der Waals surface area contributed by atoms with Crippen molar-refractivity contribution < 1.29 is 8.83 Å². The summed E-state index contributed by atoms with van der Waals surface area (Å²) in [4.78, 5) is 4.97. The largest absolute Gasteiger partial charge is 0.454 e. The molecule has 6 aromatic heterocycles. The van der Waals surface area contributed by atoms with Crippen molar-refractivity contribution >= 4 is 154 Å². The van der Waals surface area contributed by atoms with E-state index < -0.39 is 0 Å². The zero-order valence-electron chi connectivity index (χ0n) is 47.0. The van der Waals surface area contributed by atoms with Crippen LogP contribution in [0, 0.1) is 13.8 Å². The first-order valence-corrected chi connectivity index (χ1v) is 29.6. The minimum Gasteiger partial charge on any atom is -0.454 e. The van der Waals surface area contributed by atoms with Crippen molar-refractivity contribution in [3.05, 3.63) is 278 Å². The van der Waals surface area contributed by atoms with Gasteiger partial charge in [0.25, 0.3) is 0 Å². The van der Waals surface area contributed by atoms with Crippen LogP contribution in [0.5, 0.6) is 0 Å². The summed E-state index contributed by atoms with van der Waals surface area (Å²) in [6, 6.07) is 97.4. The number of aryl methyl sites for hydroxylation is 2. The predicted molar refractivity (Wildman–Crippen MR) is 360 cm³/mol. The lowest BCUT2D eigenvalue weighted by atomic mass is 9.99. The summed E-state index contributed by atoms with van der Waals surface area (Å²) in [5.74, 6) is 0. The van der Waals surface area contributed by atoms with Gasteiger partial charge in [0.2, 0.25) is 0 Å². The van der Waals surface area contributed by atoms with E-state index in [1.54, 1.807) is 0 Å². The minimum absolute atomic E-state index is 0.865. The summed E-state index contributed by atoms with van der Waals surface area (Å²) < 4.78 is 19.1. The van der Waals surface area contributed by atoms with Crippen LogP contribution in [0.15, 0.2) is 276 Å². The fourth-order valence-electron chi connectivity index (χ4n) is 15.0. The maximum atomic E-state index is 6.98. The lowest BCUT2D eigenvalue weighted by molar-refractivity contribution is 0.668. The van der Waals surface area contributed by atoms with Gasteiger partial charge in [0.05, 0.1) is 67.2 Å². The van der Waals surface area contributed by atoms with E-state index >= 15 is 0 Å². The Labute approximate surface area is 493 Å². The lowest BCUT2D eigenvalue weighted by Crippen LogP contribution is -2.13. The Balaban J connectivity index is 0.874. The van der Waals surface area contributed by atoms with Crippen LogP contribution < -0.4 is 9.80 Å². The zero-order valence-corrected chi connectivity index (χ0v) is 47.0. The number of anilines is 6. The quantitative estimate of drug-likeness (QED) is 0.152. The SMILES string of the molecule is Cc1ccc2c(oc3ccccc32)c1N(c1ccccc1-c1ccccc1)c1cccc2c1c1cccc3c4cc5c(cc4n2c31)c1cccc2c3c(N(c4ccccc4-c4ccccc4)c4c(C)ccc6c4oc4ccccc46)cccc3n5c12. The van der Waals surface area contributed by atoms with Gasteiger partial charge in [-0.3, -0.25) is 0 Å². The smallest absolute Gasteiger partial charge is 0.159 e. The molecule has 86 heavy (non-hydrogen) atoms. The molecular formula is C80H50N4O2. The second-order valence-electron chi connectivity index (χ2n) is 23.2. The maximum absolute atomic E-state index is 6.98. The Morgan fingerprint density at radius 1 is 0.279 bits per heavy atom. The molecule has 0 unspecified atom stereocenters. The molecule has 6 heterocycles. The Hall–Kier alpha value is -11.3. The van der Waals surface area contributed by atoms with E-state index in [1.807, 2.05) is 0 Å². The highest BCUT2D eigenvalue weighted by atomic mass is 16.3. The van der Waals surface area contributed by atoms with Crippen molar-refractivity contribution in [3.8, 4) is 22.3 Å². The van der Waals surface area contributed by atoms with Crippen LogP contribution in [0.3, 0.4) is 0 Å². The minimum atomic E-state index is 0.865. The monoisotopic (exact) mass is 1100 g/mol. The van der Waals surface area contributed by atoms with Gasteiger partial charge in [0, 0.05) is 75.8 Å². The summed E-state index contributed by atoms with van der Waals surface area (Å²) in [5, 5.41) is 14.0. The number of aromatic nitrogens is 2. The molecule has 0 spiro atoms. The third-order valence-corrected chi connectivity index (χ3v) is 18.6. The molecule has 6 nitrogen and oxygen atoms in total. The average molecular weight is 1100 g/mol. The van der Waals surface area contributed by atoms with Crippen LogP contribution >= 0.6 is 0 Å². The molecule has 0 N–H and O–H groups in total. The third kappa shape index (κ3) is 6.34. The standard InChI is InChI=1S/C80H50N4O2/c1-47-41-43-57-53-27-11-15-39-71(53)85-79(57)75(47)81(63-33-13-9-25-51(63)49-21-5-3-6-22-49)65-35-19-37-67-73(65)59-31-17-29-55-61-46-70-62(45-69(61)83(67)77(55)59)56-30-18-32-60-74-66(36-20-38-68(74)84(70)78(56)60)82(64-34-14-10-26-52(64)50-23-7-4-8-24-50)76-48(2)42-44-58-54-28-12-16-40-72(54)86-80(58)76/h3-46H,1-2H3. The predicted octanol–water partition coefficient (Wildman–Crippen LogP) is 22.7. The molecule has 402 valence electrons. The Kier molecular flexibility index (Phi) is 9.65. The molecule has 0 aliphatic carbocycles. The van der Waals surface area contributed by atoms with E-state index in [4.69, 9.17) is 8.83 Å². The second-order valence-corrected chi connectivity index (χ2v) is 23.2. The van der Waals surface area contributed by atoms with Crippen molar-refractivity contribution in [1.29, 1.82) is 0 Å². The molecule has 6 heteroatoms. The highest BCUT2D eigenvalue weighted by Gasteiger charge is 2.31. The van der Waals surface area contributed by atoms with Crippen LogP contribution in [0.2, 0.25) is 0 Å². The molecule has 0 radical (unpaired) electrons. The summed E-state index contributed by atoms with van der Waals surface area (Å²) in [5.41, 5.74) is 23.7. The number of hydrogen-bond donors (Lipinski definition) is 0. The number of fused-ring (bicyclic) bond motifs is 18. The number of benzene rings is 13. The Morgan fingerprint density at radius 3 is 1.12 bits per heavy atom. The van der Waals surface area contributed by atoms with Crippen LogP contribution in [-0.4, -0.2) is 8.80 Å². The third-order valence-electron chi connectivity index (χ3n) is 18.6. The highest BCUT2D eigenvalue weighted by Crippen LogP contribution is 2.54. The summed E-state index contributed by atoms with van der Waals surface area (Å²) in [6.07, 6.45) is 0. The summed E-state index contributed by atoms with van der Waals surface area (Å²) in [6.45, 7) is 4.43. The van der Waals surface area contributed by atoms with Crippen molar-refractivity contribution in [2.75, 3.05) is 9.80 Å². The van der Waals surface area contributed by atoms with E-state index in [1.165, 1.54) is 65.2 Å². The van der Waals surface area contributed by atoms with E-state index in [-0.39, 0.29) is 0 Å². The van der Waals surface area contributed by atoms with E-state index in [2.05, 4.69) is 299 Å². The van der Waals surface area contributed by atoms with Gasteiger partial charge in [0.1, 0.15) is 11.2 Å². The first kappa shape index (κ1) is 47.2. The summed E-state index contributed by atoms with van der Waals surface area (Å²) in [7, 11) is 0. The number of furan rings is 2. The zero-order chi connectivity index (χ0) is 56.5. The van der Waals surface area contributed by atoms with Gasteiger partial charge in [-0.1, -0.05) is 206 Å². The molecular weight excluding hydrogens is 1050 g/mol. The van der Waals surface area contributed by atoms with Crippen molar-refractivity contribution in [2.24, 2.45) is 0 Å². The number of rotatable bonds is 8. The van der Waals surface area contributed by atoms with E-state index in [0.717, 1.165) is 122 Å². The van der Waals surface area contributed by atoms with Crippen LogP contribution in [0.1, 0.15) is 11.1 Å². The van der Waals surface area contributed by atoms with E-state index in [0.29, 0.717) is 0 Å². The fraction of sp³-hybridized carbons (Fsp3) is 0.0250. The molecule has 0 saturated carbocycles. The van der Waals surface area contributed by atoms with Gasteiger partial charge >= 0.3 is 0 Å². The average Bonchev–Trinajstić information content (AvgIpc) is 1.54. The van der Waals surface area contributed by atoms with Gasteiger partial charge in [-0.2, -0.15) is 0 Å². The second kappa shape index (κ2) is 17.6. The van der Waals surface area contributed by atoms with Gasteiger partial charge in [-0.25, -0.2) is 0 Å². The summed E-state index contributed by atoms with van der Waals surface area (Å²) >= 11 is 0. The lowest BCUT2D eigenvalue weighted by Gasteiger charge is -2.30. The van der Waals surface area contributed by atoms with E-state index in [9.17, 15) is 0 Å². The van der Waals surface area contributed by atoms with Crippen molar-refractivity contribution in [1.82, 2.24) is 8.80 Å². The maximum Gasteiger partial charge on any atom is 0.159 e. The molecule has 0 amide bonds. The molecule has 19 aromatic rings. The molecule has 0 fully saturated rings. The van der Waals surface area contributed by atoms with Crippen molar-refractivity contribution in [2.45, 2.75) is 13.8 Å². The van der Waals surface area contributed by atoms with Crippen LogP contribution in [-0.2, 0) is 0 Å². The molecule has 0 saturated heterocycles. The van der Waals surface area contributed by atoms with Crippen molar-refractivity contribution in [3.63, 3.8) is 0 Å². The molecule has 19 rings (SSSR count). The van der Waals surface area contributed by atoms with Crippen LogP contribution in [0.4, 0.5) is 34.1 Å². The normalized spacial score (nSPS) is 12.3. The van der Waals surface area contributed by atoms with Gasteiger partial charge in [-0.15, -0.1) is 0 Å². The Bertz CT molecular complexity index is 5630. The molecule has 0 atom stereocenters. The first-order valence-electron chi connectivity index (χ1n) is 29.6.